The second-order valence-corrected chi connectivity index (χ2v) is 6.25. The van der Waals surface area contributed by atoms with Gasteiger partial charge in [-0.2, -0.15) is 4.98 Å². The van der Waals surface area contributed by atoms with E-state index in [0.29, 0.717) is 22.3 Å². The quantitative estimate of drug-likeness (QED) is 0.876. The van der Waals surface area contributed by atoms with Gasteiger partial charge in [-0.3, -0.25) is 0 Å². The Balaban J connectivity index is 1.83. The minimum absolute atomic E-state index is 0.491. The van der Waals surface area contributed by atoms with Crippen LogP contribution in [0.2, 0.25) is 5.02 Å². The molecule has 0 spiro atoms. The van der Waals surface area contributed by atoms with Crippen molar-refractivity contribution in [1.82, 2.24) is 14.9 Å². The second kappa shape index (κ2) is 7.76. The first kappa shape index (κ1) is 17.6. The highest BCUT2D eigenvalue weighted by Crippen LogP contribution is 2.37. The fraction of sp³-hybridized carbons (Fsp3) is 0.412. The standard InChI is InChI=1S/C17H22ClN5O2/c1-22-6-8-23(9-7-22)17-19-5-4-16(21-17)20-13-11-14(24-2)12(18)10-15(13)25-3/h4-5,10-11H,6-9H2,1-3H3,(H,19,20,21). The minimum atomic E-state index is 0.491. The first-order chi connectivity index (χ1) is 12.1. The zero-order valence-electron chi connectivity index (χ0n) is 14.6. The first-order valence-electron chi connectivity index (χ1n) is 8.06. The number of piperazine rings is 1. The van der Waals surface area contributed by atoms with Crippen LogP contribution in [0.4, 0.5) is 17.5 Å². The molecule has 1 aromatic carbocycles. The lowest BCUT2D eigenvalue weighted by atomic mass is 10.2. The van der Waals surface area contributed by atoms with E-state index in [2.05, 4.69) is 32.1 Å². The molecule has 8 heteroatoms. The Morgan fingerprint density at radius 1 is 1.08 bits per heavy atom. The number of nitrogens with zero attached hydrogens (tertiary/aromatic N) is 4. The van der Waals surface area contributed by atoms with Gasteiger partial charge < -0.3 is 24.6 Å². The van der Waals surface area contributed by atoms with Gasteiger partial charge in [-0.05, 0) is 13.1 Å². The van der Waals surface area contributed by atoms with Crippen LogP contribution in [0.15, 0.2) is 24.4 Å². The molecule has 0 radical (unpaired) electrons. The van der Waals surface area contributed by atoms with Crippen LogP contribution in [0.25, 0.3) is 0 Å². The molecular formula is C17H22ClN5O2. The van der Waals surface area contributed by atoms with Crippen LogP contribution in [0, 0.1) is 0 Å². The summed E-state index contributed by atoms with van der Waals surface area (Å²) in [5, 5.41) is 3.75. The van der Waals surface area contributed by atoms with Crippen molar-refractivity contribution in [2.75, 3.05) is 57.7 Å². The normalized spacial score (nSPS) is 15.1. The van der Waals surface area contributed by atoms with E-state index in [1.165, 1.54) is 0 Å². The van der Waals surface area contributed by atoms with Gasteiger partial charge in [0.25, 0.3) is 0 Å². The van der Waals surface area contributed by atoms with Crippen molar-refractivity contribution in [1.29, 1.82) is 0 Å². The van der Waals surface area contributed by atoms with Crippen molar-refractivity contribution in [2.24, 2.45) is 0 Å². The lowest BCUT2D eigenvalue weighted by Gasteiger charge is -2.32. The third kappa shape index (κ3) is 4.05. The lowest BCUT2D eigenvalue weighted by molar-refractivity contribution is 0.311. The monoisotopic (exact) mass is 363 g/mol. The summed E-state index contributed by atoms with van der Waals surface area (Å²) in [6.45, 7) is 3.84. The van der Waals surface area contributed by atoms with Gasteiger partial charge in [-0.15, -0.1) is 0 Å². The number of rotatable bonds is 5. The van der Waals surface area contributed by atoms with Crippen LogP contribution in [-0.4, -0.2) is 62.3 Å². The number of ether oxygens (including phenoxy) is 2. The smallest absolute Gasteiger partial charge is 0.227 e. The van der Waals surface area contributed by atoms with Gasteiger partial charge in [-0.25, -0.2) is 4.98 Å². The SMILES string of the molecule is COc1cc(Nc2ccnc(N3CCN(C)CC3)n2)c(OC)cc1Cl. The van der Waals surface area contributed by atoms with Crippen LogP contribution in [-0.2, 0) is 0 Å². The molecule has 0 atom stereocenters. The van der Waals surface area contributed by atoms with E-state index >= 15 is 0 Å². The molecule has 1 N–H and O–H groups in total. The average molecular weight is 364 g/mol. The number of methoxy groups -OCH3 is 2. The number of nitrogens with one attached hydrogen (secondary N) is 1. The Morgan fingerprint density at radius 3 is 2.48 bits per heavy atom. The highest BCUT2D eigenvalue weighted by atomic mass is 35.5. The van der Waals surface area contributed by atoms with E-state index in [4.69, 9.17) is 21.1 Å². The molecule has 1 fully saturated rings. The Morgan fingerprint density at radius 2 is 1.80 bits per heavy atom. The van der Waals surface area contributed by atoms with Crippen molar-refractivity contribution >= 4 is 29.1 Å². The number of aromatic nitrogens is 2. The molecule has 0 bridgehead atoms. The van der Waals surface area contributed by atoms with E-state index in [1.54, 1.807) is 32.5 Å². The Kier molecular flexibility index (Phi) is 5.45. The van der Waals surface area contributed by atoms with Crippen LogP contribution >= 0.6 is 11.6 Å². The van der Waals surface area contributed by atoms with Gasteiger partial charge in [0.15, 0.2) is 0 Å². The largest absolute Gasteiger partial charge is 0.495 e. The van der Waals surface area contributed by atoms with E-state index in [-0.39, 0.29) is 0 Å². The van der Waals surface area contributed by atoms with Gasteiger partial charge in [0, 0.05) is 44.5 Å². The van der Waals surface area contributed by atoms with Crippen molar-refractivity contribution in [3.8, 4) is 11.5 Å². The molecule has 1 aliphatic rings. The number of anilines is 3. The first-order valence-corrected chi connectivity index (χ1v) is 8.43. The molecule has 1 aliphatic heterocycles. The van der Waals surface area contributed by atoms with E-state index in [0.717, 1.165) is 37.8 Å². The zero-order valence-corrected chi connectivity index (χ0v) is 15.4. The predicted octanol–water partition coefficient (Wildman–Crippen LogP) is 2.64. The molecule has 0 amide bonds. The maximum atomic E-state index is 6.15. The van der Waals surface area contributed by atoms with Gasteiger partial charge >= 0.3 is 0 Å². The Labute approximate surface area is 152 Å². The second-order valence-electron chi connectivity index (χ2n) is 5.84. The summed E-state index contributed by atoms with van der Waals surface area (Å²) in [4.78, 5) is 13.5. The zero-order chi connectivity index (χ0) is 17.8. The fourth-order valence-corrected chi connectivity index (χ4v) is 2.90. The third-order valence-corrected chi connectivity index (χ3v) is 4.46. The Hall–Kier alpha value is -2.25. The number of benzene rings is 1. The highest BCUT2D eigenvalue weighted by Gasteiger charge is 2.17. The molecule has 3 rings (SSSR count). The number of halogens is 1. The van der Waals surface area contributed by atoms with Gasteiger partial charge in [-0.1, -0.05) is 11.6 Å². The molecule has 25 heavy (non-hydrogen) atoms. The summed E-state index contributed by atoms with van der Waals surface area (Å²) >= 11 is 6.15. The number of hydrogen-bond donors (Lipinski definition) is 1. The summed E-state index contributed by atoms with van der Waals surface area (Å²) in [5.41, 5.74) is 0.728. The van der Waals surface area contributed by atoms with Crippen LogP contribution in [0.1, 0.15) is 0 Å². The van der Waals surface area contributed by atoms with E-state index in [9.17, 15) is 0 Å². The highest BCUT2D eigenvalue weighted by molar-refractivity contribution is 6.32. The molecule has 2 heterocycles. The Bertz CT molecular complexity index is 735. The van der Waals surface area contributed by atoms with Crippen molar-refractivity contribution in [3.63, 3.8) is 0 Å². The van der Waals surface area contributed by atoms with Crippen molar-refractivity contribution in [3.05, 3.63) is 29.4 Å². The molecule has 2 aromatic rings. The molecule has 0 aliphatic carbocycles. The summed E-state index contributed by atoms with van der Waals surface area (Å²) in [6.07, 6.45) is 1.75. The van der Waals surface area contributed by atoms with Crippen molar-refractivity contribution < 1.29 is 9.47 Å². The molecule has 1 saturated heterocycles. The topological polar surface area (TPSA) is 62.8 Å². The van der Waals surface area contributed by atoms with Crippen molar-refractivity contribution in [2.45, 2.75) is 0 Å². The third-order valence-electron chi connectivity index (χ3n) is 4.17. The average Bonchev–Trinajstić information content (AvgIpc) is 2.63. The van der Waals surface area contributed by atoms with Gasteiger partial charge in [0.05, 0.1) is 24.9 Å². The van der Waals surface area contributed by atoms with E-state index < -0.39 is 0 Å². The summed E-state index contributed by atoms with van der Waals surface area (Å²) in [5.74, 6) is 2.59. The maximum Gasteiger partial charge on any atom is 0.227 e. The molecule has 0 unspecified atom stereocenters. The molecule has 134 valence electrons. The number of likely N-dealkylation sites (N-methyl/N-ethyl adjacent to an activating group) is 1. The van der Waals surface area contributed by atoms with Crippen LogP contribution in [0.3, 0.4) is 0 Å². The maximum absolute atomic E-state index is 6.15. The summed E-state index contributed by atoms with van der Waals surface area (Å²) in [6, 6.07) is 5.32. The lowest BCUT2D eigenvalue weighted by Crippen LogP contribution is -2.45. The van der Waals surface area contributed by atoms with Crippen LogP contribution < -0.4 is 19.7 Å². The fourth-order valence-electron chi connectivity index (χ4n) is 2.67. The number of hydrogen-bond acceptors (Lipinski definition) is 7. The van der Waals surface area contributed by atoms with E-state index in [1.807, 2.05) is 6.07 Å². The van der Waals surface area contributed by atoms with Gasteiger partial charge in [0.1, 0.15) is 17.3 Å². The predicted molar refractivity (Wildman–Crippen MR) is 99.6 cm³/mol. The van der Waals surface area contributed by atoms with Crippen LogP contribution in [0.5, 0.6) is 11.5 Å². The van der Waals surface area contributed by atoms with Gasteiger partial charge in [0.2, 0.25) is 5.95 Å². The molecule has 7 nitrogen and oxygen atoms in total. The molecule has 1 aromatic heterocycles. The summed E-state index contributed by atoms with van der Waals surface area (Å²) < 4.78 is 10.7. The minimum Gasteiger partial charge on any atom is -0.495 e. The molecule has 0 saturated carbocycles. The molecular weight excluding hydrogens is 342 g/mol. The summed E-state index contributed by atoms with van der Waals surface area (Å²) in [7, 11) is 5.29.